The van der Waals surface area contributed by atoms with Crippen LogP contribution in [-0.2, 0) is 11.0 Å². The molecule has 104 valence electrons. The van der Waals surface area contributed by atoms with Crippen LogP contribution in [0.3, 0.4) is 0 Å². The van der Waals surface area contributed by atoms with Crippen molar-refractivity contribution in [1.29, 1.82) is 0 Å². The maximum absolute atomic E-state index is 12.5. The highest BCUT2D eigenvalue weighted by atomic mass is 19.4. The summed E-state index contributed by atoms with van der Waals surface area (Å²) < 4.78 is 37.4. The predicted octanol–water partition coefficient (Wildman–Crippen LogP) is 3.15. The van der Waals surface area contributed by atoms with E-state index in [0.717, 1.165) is 25.0 Å². The minimum Gasteiger partial charge on any atom is -0.480 e. The summed E-state index contributed by atoms with van der Waals surface area (Å²) in [5.41, 5.74) is -0.194. The van der Waals surface area contributed by atoms with Crippen LogP contribution in [0.1, 0.15) is 24.8 Å². The lowest BCUT2D eigenvalue weighted by atomic mass is 10.0. The zero-order chi connectivity index (χ0) is 14.0. The molecule has 1 aromatic rings. The number of hydrogen-bond acceptors (Lipinski definition) is 2. The molecule has 1 fully saturated rings. The van der Waals surface area contributed by atoms with Gasteiger partial charge in [0.25, 0.3) is 0 Å². The van der Waals surface area contributed by atoms with Gasteiger partial charge in [0.05, 0.1) is 5.56 Å². The molecule has 0 amide bonds. The summed E-state index contributed by atoms with van der Waals surface area (Å²) in [6, 6.07) is 4.00. The number of hydrogen-bond donors (Lipinski definition) is 1. The SMILES string of the molecule is O=C(O)C1CCCCN1c1ccc(C(F)(F)F)cc1. The Kier molecular flexibility index (Phi) is 3.68. The van der Waals surface area contributed by atoms with E-state index in [4.69, 9.17) is 5.11 Å². The van der Waals surface area contributed by atoms with Crippen molar-refractivity contribution in [2.45, 2.75) is 31.5 Å². The third-order valence-electron chi connectivity index (χ3n) is 3.31. The Balaban J connectivity index is 2.23. The molecule has 19 heavy (non-hydrogen) atoms. The first kappa shape index (κ1) is 13.7. The van der Waals surface area contributed by atoms with Gasteiger partial charge < -0.3 is 10.0 Å². The monoisotopic (exact) mass is 273 g/mol. The highest BCUT2D eigenvalue weighted by molar-refractivity contribution is 5.78. The Labute approximate surface area is 108 Å². The van der Waals surface area contributed by atoms with Crippen molar-refractivity contribution in [1.82, 2.24) is 0 Å². The fourth-order valence-electron chi connectivity index (χ4n) is 2.34. The minimum absolute atomic E-state index is 0.524. The third-order valence-corrected chi connectivity index (χ3v) is 3.31. The standard InChI is InChI=1S/C13H14F3NO2/c14-13(15,16)9-4-6-10(7-5-9)17-8-2-1-3-11(17)12(18)19/h4-7,11H,1-3,8H2,(H,18,19). The molecule has 1 saturated heterocycles. The van der Waals surface area contributed by atoms with E-state index < -0.39 is 23.8 Å². The van der Waals surface area contributed by atoms with E-state index in [1.165, 1.54) is 12.1 Å². The number of halogens is 3. The Morgan fingerprint density at radius 1 is 1.21 bits per heavy atom. The van der Waals surface area contributed by atoms with E-state index in [0.29, 0.717) is 18.7 Å². The van der Waals surface area contributed by atoms with Gasteiger partial charge in [-0.2, -0.15) is 13.2 Å². The maximum Gasteiger partial charge on any atom is 0.416 e. The van der Waals surface area contributed by atoms with Gasteiger partial charge >= 0.3 is 12.1 Å². The normalized spacial score (nSPS) is 20.4. The van der Waals surface area contributed by atoms with Gasteiger partial charge in [0.15, 0.2) is 0 Å². The molecule has 0 bridgehead atoms. The minimum atomic E-state index is -4.37. The van der Waals surface area contributed by atoms with Crippen LogP contribution in [0.15, 0.2) is 24.3 Å². The first-order valence-corrected chi connectivity index (χ1v) is 6.06. The smallest absolute Gasteiger partial charge is 0.416 e. The van der Waals surface area contributed by atoms with E-state index in [2.05, 4.69) is 0 Å². The van der Waals surface area contributed by atoms with E-state index in [1.54, 1.807) is 4.90 Å². The molecule has 1 unspecified atom stereocenters. The average Bonchev–Trinajstić information content (AvgIpc) is 2.38. The molecule has 0 radical (unpaired) electrons. The van der Waals surface area contributed by atoms with E-state index in [1.807, 2.05) is 0 Å². The highest BCUT2D eigenvalue weighted by Gasteiger charge is 2.32. The first-order valence-electron chi connectivity index (χ1n) is 6.06. The first-order chi connectivity index (χ1) is 8.89. The fourth-order valence-corrected chi connectivity index (χ4v) is 2.34. The zero-order valence-electron chi connectivity index (χ0n) is 10.2. The molecule has 0 saturated carbocycles. The van der Waals surface area contributed by atoms with E-state index in [9.17, 15) is 18.0 Å². The van der Waals surface area contributed by atoms with Gasteiger partial charge in [0.1, 0.15) is 6.04 Å². The molecule has 0 aliphatic carbocycles. The molecule has 1 N–H and O–H groups in total. The summed E-state index contributed by atoms with van der Waals surface area (Å²) in [7, 11) is 0. The second kappa shape index (κ2) is 5.11. The molecule has 1 aliphatic heterocycles. The molecule has 0 spiro atoms. The highest BCUT2D eigenvalue weighted by Crippen LogP contribution is 2.32. The Morgan fingerprint density at radius 3 is 2.37 bits per heavy atom. The van der Waals surface area contributed by atoms with Gasteiger partial charge in [0, 0.05) is 12.2 Å². The summed E-state index contributed by atoms with van der Waals surface area (Å²) >= 11 is 0. The molecule has 0 aromatic heterocycles. The summed E-state index contributed by atoms with van der Waals surface area (Å²) in [4.78, 5) is 12.8. The van der Waals surface area contributed by atoms with Gasteiger partial charge in [0.2, 0.25) is 0 Å². The molecule has 1 aliphatic rings. The topological polar surface area (TPSA) is 40.5 Å². The van der Waals surface area contributed by atoms with Crippen LogP contribution in [0.4, 0.5) is 18.9 Å². The second-order valence-electron chi connectivity index (χ2n) is 4.59. The summed E-state index contributed by atoms with van der Waals surface area (Å²) in [5, 5.41) is 9.13. The van der Waals surface area contributed by atoms with Crippen molar-refractivity contribution < 1.29 is 23.1 Å². The van der Waals surface area contributed by atoms with Crippen LogP contribution in [0.2, 0.25) is 0 Å². The third kappa shape index (κ3) is 3.00. The van der Waals surface area contributed by atoms with Gasteiger partial charge in [-0.1, -0.05) is 0 Å². The van der Waals surface area contributed by atoms with Crippen LogP contribution in [-0.4, -0.2) is 23.7 Å². The van der Waals surface area contributed by atoms with Crippen LogP contribution < -0.4 is 4.90 Å². The number of rotatable bonds is 2. The average molecular weight is 273 g/mol. The van der Waals surface area contributed by atoms with Crippen molar-refractivity contribution in [2.24, 2.45) is 0 Å². The Bertz CT molecular complexity index is 456. The van der Waals surface area contributed by atoms with Gasteiger partial charge in [-0.3, -0.25) is 0 Å². The maximum atomic E-state index is 12.5. The van der Waals surface area contributed by atoms with Crippen molar-refractivity contribution in [3.8, 4) is 0 Å². The predicted molar refractivity (Wildman–Crippen MR) is 64.1 cm³/mol. The number of carbonyl (C=O) groups is 1. The number of carboxylic acids is 1. The number of aliphatic carboxylic acids is 1. The lowest BCUT2D eigenvalue weighted by Crippen LogP contribution is -2.44. The Hall–Kier alpha value is -1.72. The molecule has 3 nitrogen and oxygen atoms in total. The van der Waals surface area contributed by atoms with Gasteiger partial charge in [-0.25, -0.2) is 4.79 Å². The molecule has 1 heterocycles. The molecular weight excluding hydrogens is 259 g/mol. The lowest BCUT2D eigenvalue weighted by Gasteiger charge is -2.35. The molecule has 6 heteroatoms. The number of piperidine rings is 1. The molecular formula is C13H14F3NO2. The summed E-state index contributed by atoms with van der Waals surface area (Å²) in [5.74, 6) is -0.931. The van der Waals surface area contributed by atoms with Crippen LogP contribution in [0, 0.1) is 0 Å². The second-order valence-corrected chi connectivity index (χ2v) is 4.59. The molecule has 2 rings (SSSR count). The molecule has 1 aromatic carbocycles. The fraction of sp³-hybridized carbons (Fsp3) is 0.462. The largest absolute Gasteiger partial charge is 0.480 e. The Morgan fingerprint density at radius 2 is 1.84 bits per heavy atom. The number of anilines is 1. The lowest BCUT2D eigenvalue weighted by molar-refractivity contribution is -0.139. The van der Waals surface area contributed by atoms with Gasteiger partial charge in [-0.05, 0) is 43.5 Å². The molecule has 1 atom stereocenters. The van der Waals surface area contributed by atoms with E-state index in [-0.39, 0.29) is 0 Å². The van der Waals surface area contributed by atoms with Crippen molar-refractivity contribution >= 4 is 11.7 Å². The van der Waals surface area contributed by atoms with Crippen LogP contribution >= 0.6 is 0 Å². The number of carboxylic acid groups (broad SMARTS) is 1. The van der Waals surface area contributed by atoms with Gasteiger partial charge in [-0.15, -0.1) is 0 Å². The van der Waals surface area contributed by atoms with Crippen LogP contribution in [0.5, 0.6) is 0 Å². The quantitative estimate of drug-likeness (QED) is 0.899. The van der Waals surface area contributed by atoms with Crippen LogP contribution in [0.25, 0.3) is 0 Å². The van der Waals surface area contributed by atoms with Crippen molar-refractivity contribution in [2.75, 3.05) is 11.4 Å². The summed E-state index contributed by atoms with van der Waals surface area (Å²) in [6.07, 6.45) is -2.16. The van der Waals surface area contributed by atoms with Crippen molar-refractivity contribution in [3.63, 3.8) is 0 Å². The number of nitrogens with zero attached hydrogens (tertiary/aromatic N) is 1. The summed E-state index contributed by atoms with van der Waals surface area (Å²) in [6.45, 7) is 0.558. The zero-order valence-corrected chi connectivity index (χ0v) is 10.2. The number of alkyl halides is 3. The van der Waals surface area contributed by atoms with Crippen molar-refractivity contribution in [3.05, 3.63) is 29.8 Å². The van der Waals surface area contributed by atoms with E-state index >= 15 is 0 Å². The number of benzene rings is 1.